The fourth-order valence-electron chi connectivity index (χ4n) is 4.48. The Morgan fingerprint density at radius 1 is 0.862 bits per heavy atom. The Kier molecular flexibility index (Phi) is 3.98. The minimum absolute atomic E-state index is 0.208. The van der Waals surface area contributed by atoms with E-state index in [1.54, 1.807) is 31.4 Å². The summed E-state index contributed by atoms with van der Waals surface area (Å²) in [6.45, 7) is 0.415. The molecule has 29 heavy (non-hydrogen) atoms. The van der Waals surface area contributed by atoms with Crippen molar-refractivity contribution >= 4 is 5.97 Å². The molecule has 0 saturated carbocycles. The summed E-state index contributed by atoms with van der Waals surface area (Å²) in [7, 11) is 1.56. The molecule has 1 aliphatic heterocycles. The number of carboxylic acids is 1. The van der Waals surface area contributed by atoms with Gasteiger partial charge in [0.2, 0.25) is 0 Å². The number of carbonyl (C=O) groups is 1. The molecule has 146 valence electrons. The maximum Gasteiger partial charge on any atom is 0.369 e. The summed E-state index contributed by atoms with van der Waals surface area (Å²) in [5, 5.41) is 10.0. The van der Waals surface area contributed by atoms with Crippen LogP contribution in [0.1, 0.15) is 16.7 Å². The molecule has 1 fully saturated rings. The molecular formula is C24H20O5. The Labute approximate surface area is 168 Å². The number of hydrogen-bond acceptors (Lipinski definition) is 4. The number of carboxylic acid groups (broad SMARTS) is 1. The van der Waals surface area contributed by atoms with Gasteiger partial charge in [0.05, 0.1) is 25.7 Å². The summed E-state index contributed by atoms with van der Waals surface area (Å²) >= 11 is 0. The van der Waals surface area contributed by atoms with Crippen LogP contribution in [0.3, 0.4) is 0 Å². The van der Waals surface area contributed by atoms with E-state index in [0.29, 0.717) is 11.3 Å². The summed E-state index contributed by atoms with van der Waals surface area (Å²) in [6, 6.07) is 23.1. The van der Waals surface area contributed by atoms with Gasteiger partial charge in [0.15, 0.2) is 0 Å². The Hall–Kier alpha value is -3.15. The number of aliphatic carboxylic acids is 1. The summed E-state index contributed by atoms with van der Waals surface area (Å²) < 4.78 is 17.3. The number of methoxy groups -OCH3 is 1. The van der Waals surface area contributed by atoms with Gasteiger partial charge in [-0.2, -0.15) is 0 Å². The van der Waals surface area contributed by atoms with Crippen LogP contribution in [-0.4, -0.2) is 31.4 Å². The third-order valence-electron chi connectivity index (χ3n) is 5.97. The first-order valence-corrected chi connectivity index (χ1v) is 9.46. The van der Waals surface area contributed by atoms with Crippen molar-refractivity contribution in [1.29, 1.82) is 0 Å². The van der Waals surface area contributed by atoms with Gasteiger partial charge in [-0.05, 0) is 46.5 Å². The van der Waals surface area contributed by atoms with E-state index in [-0.39, 0.29) is 13.2 Å². The van der Waals surface area contributed by atoms with Gasteiger partial charge in [-0.1, -0.05) is 48.5 Å². The van der Waals surface area contributed by atoms with Crippen molar-refractivity contribution in [2.45, 2.75) is 11.2 Å². The van der Waals surface area contributed by atoms with Crippen LogP contribution in [0.15, 0.2) is 72.8 Å². The van der Waals surface area contributed by atoms with Crippen LogP contribution in [0.4, 0.5) is 0 Å². The van der Waals surface area contributed by atoms with Crippen molar-refractivity contribution in [2.24, 2.45) is 0 Å². The lowest BCUT2D eigenvalue weighted by Gasteiger charge is -2.43. The third-order valence-corrected chi connectivity index (χ3v) is 5.97. The molecule has 0 atom stereocenters. The summed E-state index contributed by atoms with van der Waals surface area (Å²) in [5.41, 5.74) is 4.40. The van der Waals surface area contributed by atoms with Gasteiger partial charge in [0.1, 0.15) is 5.75 Å². The van der Waals surface area contributed by atoms with Gasteiger partial charge in [-0.15, -0.1) is 0 Å². The molecule has 5 rings (SSSR count). The zero-order valence-corrected chi connectivity index (χ0v) is 15.9. The fraction of sp³-hybridized carbons (Fsp3) is 0.208. The quantitative estimate of drug-likeness (QED) is 0.736. The Morgan fingerprint density at radius 3 is 1.86 bits per heavy atom. The Balaban J connectivity index is 1.57. The van der Waals surface area contributed by atoms with Gasteiger partial charge in [0, 0.05) is 5.56 Å². The van der Waals surface area contributed by atoms with Crippen LogP contribution in [0, 0.1) is 0 Å². The van der Waals surface area contributed by atoms with Crippen LogP contribution in [0.2, 0.25) is 0 Å². The van der Waals surface area contributed by atoms with Gasteiger partial charge >= 0.3 is 5.97 Å². The minimum Gasteiger partial charge on any atom is -0.497 e. The van der Waals surface area contributed by atoms with Gasteiger partial charge in [-0.3, -0.25) is 0 Å². The molecule has 0 radical (unpaired) electrons. The second kappa shape index (κ2) is 6.44. The van der Waals surface area contributed by atoms with Crippen LogP contribution < -0.4 is 4.74 Å². The first kappa shape index (κ1) is 17.9. The monoisotopic (exact) mass is 388 g/mol. The van der Waals surface area contributed by atoms with E-state index in [4.69, 9.17) is 14.2 Å². The first-order valence-electron chi connectivity index (χ1n) is 9.46. The van der Waals surface area contributed by atoms with Crippen molar-refractivity contribution in [3.63, 3.8) is 0 Å². The topological polar surface area (TPSA) is 65.0 Å². The number of benzene rings is 3. The summed E-state index contributed by atoms with van der Waals surface area (Å²) in [6.07, 6.45) is 0. The Bertz CT molecular complexity index is 1030. The minimum atomic E-state index is -1.84. The smallest absolute Gasteiger partial charge is 0.369 e. The van der Waals surface area contributed by atoms with E-state index in [2.05, 4.69) is 24.3 Å². The molecule has 0 unspecified atom stereocenters. The standard InChI is InChI=1S/C24H20O5/c1-27-17-12-10-16(11-13-17)24(22(25)26)28-14-23(15-29-24)20-8-4-2-6-18(20)19-7-3-5-9-21(19)23/h2-13H,14-15H2,1H3,(H,25,26). The number of hydrogen-bond donors (Lipinski definition) is 1. The lowest BCUT2D eigenvalue weighted by atomic mass is 9.78. The average Bonchev–Trinajstić information content (AvgIpc) is 3.05. The van der Waals surface area contributed by atoms with E-state index >= 15 is 0 Å². The zero-order valence-electron chi connectivity index (χ0n) is 15.9. The highest BCUT2D eigenvalue weighted by Crippen LogP contribution is 2.52. The molecule has 1 heterocycles. The van der Waals surface area contributed by atoms with Crippen LogP contribution in [0.5, 0.6) is 5.75 Å². The zero-order chi connectivity index (χ0) is 20.1. The third kappa shape index (κ3) is 2.44. The van der Waals surface area contributed by atoms with E-state index in [9.17, 15) is 9.90 Å². The van der Waals surface area contributed by atoms with Crippen molar-refractivity contribution < 1.29 is 24.1 Å². The normalized spacial score (nSPS) is 18.1. The number of rotatable bonds is 3. The highest BCUT2D eigenvalue weighted by molar-refractivity contribution is 5.82. The molecule has 1 N–H and O–H groups in total. The molecule has 3 aromatic rings. The molecule has 5 nitrogen and oxygen atoms in total. The highest BCUT2D eigenvalue weighted by Gasteiger charge is 2.55. The van der Waals surface area contributed by atoms with Gasteiger partial charge in [0.25, 0.3) is 5.79 Å². The van der Waals surface area contributed by atoms with Crippen LogP contribution in [-0.2, 0) is 25.5 Å². The van der Waals surface area contributed by atoms with E-state index < -0.39 is 17.2 Å². The molecule has 2 aliphatic rings. The van der Waals surface area contributed by atoms with Crippen molar-refractivity contribution in [1.82, 2.24) is 0 Å². The molecule has 5 heteroatoms. The average molecular weight is 388 g/mol. The molecule has 1 aliphatic carbocycles. The first-order chi connectivity index (χ1) is 14.1. The molecule has 1 saturated heterocycles. The van der Waals surface area contributed by atoms with E-state index in [1.807, 2.05) is 24.3 Å². The van der Waals surface area contributed by atoms with E-state index in [1.165, 1.54) is 0 Å². The lowest BCUT2D eigenvalue weighted by Crippen LogP contribution is -2.53. The Morgan fingerprint density at radius 2 is 1.38 bits per heavy atom. The molecule has 0 bridgehead atoms. The molecule has 0 amide bonds. The molecular weight excluding hydrogens is 368 g/mol. The fourth-order valence-corrected chi connectivity index (χ4v) is 4.48. The molecule has 3 aromatic carbocycles. The second-order valence-electron chi connectivity index (χ2n) is 7.40. The van der Waals surface area contributed by atoms with Gasteiger partial charge < -0.3 is 19.3 Å². The number of ether oxygens (including phenoxy) is 3. The highest BCUT2D eigenvalue weighted by atomic mass is 16.7. The number of fused-ring (bicyclic) bond motifs is 5. The summed E-state index contributed by atoms with van der Waals surface area (Å²) in [5.74, 6) is -2.37. The van der Waals surface area contributed by atoms with Crippen LogP contribution >= 0.6 is 0 Å². The van der Waals surface area contributed by atoms with E-state index in [0.717, 1.165) is 22.3 Å². The largest absolute Gasteiger partial charge is 0.497 e. The van der Waals surface area contributed by atoms with Gasteiger partial charge in [-0.25, -0.2) is 4.79 Å². The van der Waals surface area contributed by atoms with Crippen molar-refractivity contribution in [3.8, 4) is 16.9 Å². The second-order valence-corrected chi connectivity index (χ2v) is 7.40. The molecule has 1 spiro atoms. The predicted molar refractivity (Wildman–Crippen MR) is 107 cm³/mol. The predicted octanol–water partition coefficient (Wildman–Crippen LogP) is 3.95. The lowest BCUT2D eigenvalue weighted by molar-refractivity contribution is -0.287. The van der Waals surface area contributed by atoms with Crippen molar-refractivity contribution in [2.75, 3.05) is 20.3 Å². The SMILES string of the molecule is COc1ccc(C2(C(=O)O)OCC3(CO2)c2ccccc2-c2ccccc23)cc1. The van der Waals surface area contributed by atoms with Crippen LogP contribution in [0.25, 0.3) is 11.1 Å². The van der Waals surface area contributed by atoms with Crippen molar-refractivity contribution in [3.05, 3.63) is 89.5 Å². The summed E-state index contributed by atoms with van der Waals surface area (Å²) in [4.78, 5) is 12.2. The molecule has 0 aromatic heterocycles. The maximum absolute atomic E-state index is 12.2. The maximum atomic E-state index is 12.2.